The molecule has 0 aliphatic heterocycles. The van der Waals surface area contributed by atoms with E-state index in [1.807, 2.05) is 21.1 Å². The van der Waals surface area contributed by atoms with Gasteiger partial charge in [-0.1, -0.05) is 267 Å². The first-order valence-electron chi connectivity index (χ1n) is 29.8. The van der Waals surface area contributed by atoms with Crippen LogP contribution in [0.5, 0.6) is 0 Å². The van der Waals surface area contributed by atoms with Gasteiger partial charge < -0.3 is 28.8 Å². The minimum Gasteiger partial charge on any atom is -0.756 e. The van der Waals surface area contributed by atoms with Crippen LogP contribution in [0.2, 0.25) is 0 Å². The molecule has 3 atom stereocenters. The second kappa shape index (κ2) is 52.8. The summed E-state index contributed by atoms with van der Waals surface area (Å²) in [6.07, 6.45) is 72.2. The van der Waals surface area contributed by atoms with E-state index in [1.165, 1.54) is 148 Å². The number of allylic oxidation sites excluding steroid dienone is 12. The number of aliphatic hydroxyl groups is 1. The van der Waals surface area contributed by atoms with Crippen LogP contribution < -0.4 is 10.2 Å². The predicted octanol–water partition coefficient (Wildman–Crippen LogP) is 17.6. The molecule has 0 saturated heterocycles. The van der Waals surface area contributed by atoms with Crippen molar-refractivity contribution >= 4 is 13.7 Å². The SMILES string of the molecule is CC/C=C\C/C=C\C/C=C\C/C=C\C/C=C\C/C=C\CCCCCCC(=O)NC(COP(=O)([O-])OCC[N+](C)(C)C)C(O)CCCCCCCCCCCCCCCCCCCCCCCCCCCC. The van der Waals surface area contributed by atoms with Gasteiger partial charge in [-0.3, -0.25) is 9.36 Å². The van der Waals surface area contributed by atoms with Crippen LogP contribution in [0.3, 0.4) is 0 Å². The predicted molar refractivity (Wildman–Crippen MR) is 307 cm³/mol. The van der Waals surface area contributed by atoms with E-state index in [0.29, 0.717) is 23.9 Å². The van der Waals surface area contributed by atoms with Crippen molar-refractivity contribution in [2.24, 2.45) is 0 Å². The molecule has 3 unspecified atom stereocenters. The Morgan fingerprint density at radius 1 is 0.507 bits per heavy atom. The van der Waals surface area contributed by atoms with E-state index in [0.717, 1.165) is 89.9 Å². The molecule has 2 N–H and O–H groups in total. The van der Waals surface area contributed by atoms with Crippen molar-refractivity contribution in [1.29, 1.82) is 0 Å². The fraction of sp³-hybridized carbons (Fsp3) is 0.790. The number of phosphoric acid groups is 1. The number of amides is 1. The molecule has 0 aliphatic carbocycles. The van der Waals surface area contributed by atoms with Gasteiger partial charge in [-0.25, -0.2) is 0 Å². The van der Waals surface area contributed by atoms with E-state index < -0.39 is 20.0 Å². The second-order valence-electron chi connectivity index (χ2n) is 21.3. The van der Waals surface area contributed by atoms with Crippen molar-refractivity contribution < 1.29 is 32.9 Å². The van der Waals surface area contributed by atoms with Gasteiger partial charge in [-0.2, -0.15) is 0 Å². The largest absolute Gasteiger partial charge is 0.756 e. The zero-order valence-corrected chi connectivity index (χ0v) is 48.1. The molecule has 0 aromatic rings. The summed E-state index contributed by atoms with van der Waals surface area (Å²) >= 11 is 0. The first-order valence-corrected chi connectivity index (χ1v) is 31.2. The first kappa shape index (κ1) is 68.9. The molecule has 0 saturated carbocycles. The molecule has 0 aliphatic rings. The van der Waals surface area contributed by atoms with Crippen LogP contribution in [-0.2, 0) is 18.4 Å². The Balaban J connectivity index is 4.21. The minimum atomic E-state index is -4.59. The highest BCUT2D eigenvalue weighted by molar-refractivity contribution is 7.45. The number of aliphatic hydroxyl groups excluding tert-OH is 1. The van der Waals surface area contributed by atoms with Gasteiger partial charge in [0, 0.05) is 6.42 Å². The van der Waals surface area contributed by atoms with Crippen molar-refractivity contribution in [3.63, 3.8) is 0 Å². The zero-order chi connectivity index (χ0) is 52.0. The number of rotatable bonds is 54. The van der Waals surface area contributed by atoms with Crippen LogP contribution in [0.25, 0.3) is 0 Å². The van der Waals surface area contributed by atoms with Gasteiger partial charge in [0.2, 0.25) is 5.91 Å². The quantitative estimate of drug-likeness (QED) is 0.0272. The van der Waals surface area contributed by atoms with Crippen molar-refractivity contribution in [1.82, 2.24) is 5.32 Å². The molecule has 0 fully saturated rings. The van der Waals surface area contributed by atoms with Crippen LogP contribution in [-0.4, -0.2) is 68.5 Å². The molecule has 71 heavy (non-hydrogen) atoms. The molecule has 9 heteroatoms. The minimum absolute atomic E-state index is 0.00351. The summed E-state index contributed by atoms with van der Waals surface area (Å²) in [6, 6.07) is -0.820. The Labute approximate surface area is 440 Å². The number of unbranched alkanes of at least 4 members (excludes halogenated alkanes) is 29. The van der Waals surface area contributed by atoms with Gasteiger partial charge in [0.05, 0.1) is 39.9 Å². The van der Waals surface area contributed by atoms with Gasteiger partial charge >= 0.3 is 0 Å². The molecule has 0 rings (SSSR count). The molecule has 0 spiro atoms. The summed E-state index contributed by atoms with van der Waals surface area (Å²) in [4.78, 5) is 25.6. The highest BCUT2D eigenvalue weighted by Gasteiger charge is 2.24. The number of quaternary nitrogens is 1. The highest BCUT2D eigenvalue weighted by atomic mass is 31.2. The number of likely N-dealkylation sites (N-methyl/N-ethyl adjacent to an activating group) is 1. The highest BCUT2D eigenvalue weighted by Crippen LogP contribution is 2.38. The van der Waals surface area contributed by atoms with Gasteiger partial charge in [0.25, 0.3) is 7.82 Å². The van der Waals surface area contributed by atoms with Gasteiger partial charge in [0.15, 0.2) is 0 Å². The lowest BCUT2D eigenvalue weighted by atomic mass is 10.0. The lowest BCUT2D eigenvalue weighted by molar-refractivity contribution is -0.870. The Kier molecular flexibility index (Phi) is 51.3. The summed E-state index contributed by atoms with van der Waals surface area (Å²) in [6.45, 7) is 4.61. The van der Waals surface area contributed by atoms with Crippen molar-refractivity contribution in [3.8, 4) is 0 Å². The van der Waals surface area contributed by atoms with Crippen LogP contribution >= 0.6 is 7.82 Å². The van der Waals surface area contributed by atoms with Crippen LogP contribution in [0, 0.1) is 0 Å². The fourth-order valence-corrected chi connectivity index (χ4v) is 9.30. The van der Waals surface area contributed by atoms with Crippen molar-refractivity contribution in [2.45, 2.75) is 276 Å². The molecule has 0 aromatic heterocycles. The summed E-state index contributed by atoms with van der Waals surface area (Å²) in [7, 11) is 1.28. The van der Waals surface area contributed by atoms with Crippen LogP contribution in [0.15, 0.2) is 72.9 Å². The van der Waals surface area contributed by atoms with E-state index in [4.69, 9.17) is 9.05 Å². The average Bonchev–Trinajstić information content (AvgIpc) is 3.33. The number of carbonyl (C=O) groups is 1. The Morgan fingerprint density at radius 3 is 1.25 bits per heavy atom. The molecule has 1 amide bonds. The maximum Gasteiger partial charge on any atom is 0.268 e. The summed E-state index contributed by atoms with van der Waals surface area (Å²) in [5.74, 6) is -0.189. The topological polar surface area (TPSA) is 108 Å². The molecule has 0 heterocycles. The summed E-state index contributed by atoms with van der Waals surface area (Å²) in [5.41, 5.74) is 0. The lowest BCUT2D eigenvalue weighted by Crippen LogP contribution is -2.46. The Morgan fingerprint density at radius 2 is 0.859 bits per heavy atom. The van der Waals surface area contributed by atoms with E-state index >= 15 is 0 Å². The first-order chi connectivity index (χ1) is 34.5. The smallest absolute Gasteiger partial charge is 0.268 e. The third-order valence-electron chi connectivity index (χ3n) is 13.2. The number of hydrogen-bond donors (Lipinski definition) is 2. The number of phosphoric ester groups is 1. The zero-order valence-electron chi connectivity index (χ0n) is 47.2. The van der Waals surface area contributed by atoms with E-state index in [1.54, 1.807) is 0 Å². The standard InChI is InChI=1S/C62H115N2O6P/c1-6-8-10-12-14-16-18-20-22-24-26-28-30-31-32-34-35-37-39-41-43-45-47-49-51-53-55-61(65)60(59-70-71(67,68)69-58-57-64(3,4)5)63-62(66)56-54-52-50-48-46-44-42-40-38-36-33-29-27-25-23-21-19-17-15-13-11-9-7-2/h9,11,15,17,21,23,27,29,36,38,42,44,60-61,65H,6-8,10,12-14,16,18-20,22,24-26,28,30-35,37,39-41,43,45-59H2,1-5H3,(H-,63,66,67,68)/b11-9-,17-15-,23-21-,29-27-,38-36-,44-42-. The van der Waals surface area contributed by atoms with Gasteiger partial charge in [0.1, 0.15) is 13.2 Å². The number of hydrogen-bond acceptors (Lipinski definition) is 6. The molecule has 0 bridgehead atoms. The monoisotopic (exact) mass is 1010 g/mol. The molecular formula is C62H115N2O6P. The Bertz CT molecular complexity index is 1380. The molecular weight excluding hydrogens is 900 g/mol. The second-order valence-corrected chi connectivity index (χ2v) is 22.7. The summed E-state index contributed by atoms with van der Waals surface area (Å²) in [5, 5.41) is 14.0. The van der Waals surface area contributed by atoms with Crippen molar-refractivity contribution in [3.05, 3.63) is 72.9 Å². The number of carbonyl (C=O) groups excluding carboxylic acids is 1. The maximum atomic E-state index is 13.0. The maximum absolute atomic E-state index is 13.0. The van der Waals surface area contributed by atoms with Gasteiger partial charge in [-0.15, -0.1) is 0 Å². The molecule has 414 valence electrons. The fourth-order valence-electron chi connectivity index (χ4n) is 8.57. The normalized spacial score (nSPS) is 14.4. The molecule has 0 aromatic carbocycles. The number of nitrogens with zero attached hydrogens (tertiary/aromatic N) is 1. The van der Waals surface area contributed by atoms with E-state index in [2.05, 4.69) is 92.1 Å². The lowest BCUT2D eigenvalue weighted by Gasteiger charge is -2.30. The van der Waals surface area contributed by atoms with Crippen LogP contribution in [0.4, 0.5) is 0 Å². The van der Waals surface area contributed by atoms with E-state index in [9.17, 15) is 19.4 Å². The van der Waals surface area contributed by atoms with Crippen molar-refractivity contribution in [2.75, 3.05) is 40.9 Å². The van der Waals surface area contributed by atoms with Crippen LogP contribution in [0.1, 0.15) is 264 Å². The average molecular weight is 1020 g/mol. The third-order valence-corrected chi connectivity index (χ3v) is 14.2. The molecule has 0 radical (unpaired) electrons. The van der Waals surface area contributed by atoms with E-state index in [-0.39, 0.29) is 19.1 Å². The summed E-state index contributed by atoms with van der Waals surface area (Å²) < 4.78 is 23.4. The molecule has 8 nitrogen and oxygen atoms in total. The Hall–Kier alpha value is -2.06. The van der Waals surface area contributed by atoms with Gasteiger partial charge in [-0.05, 0) is 64.2 Å². The third kappa shape index (κ3) is 55.5. The number of nitrogens with one attached hydrogen (secondary N) is 1.